The van der Waals surface area contributed by atoms with E-state index in [2.05, 4.69) is 52.5 Å². The average molecular weight is 535 g/mol. The van der Waals surface area contributed by atoms with Crippen molar-refractivity contribution in [2.75, 3.05) is 42.8 Å². The summed E-state index contributed by atoms with van der Waals surface area (Å²) in [7, 11) is 3.66. The molecule has 0 radical (unpaired) electrons. The van der Waals surface area contributed by atoms with Crippen LogP contribution in [0.2, 0.25) is 0 Å². The number of fused-ring (bicyclic) bond motifs is 1. The number of nitrogens with two attached hydrogens (primary N) is 1. The number of anilines is 3. The molecule has 1 amide bonds. The van der Waals surface area contributed by atoms with Gasteiger partial charge in [0.15, 0.2) is 0 Å². The van der Waals surface area contributed by atoms with Crippen LogP contribution in [0.25, 0.3) is 0 Å². The number of unbranched alkanes of at least 4 members (excludes halogenated alkanes) is 1. The lowest BCUT2D eigenvalue weighted by molar-refractivity contribution is 0.102. The number of nitrogens with zero attached hydrogens (tertiary/aromatic N) is 3. The van der Waals surface area contributed by atoms with E-state index in [1.807, 2.05) is 24.3 Å². The minimum atomic E-state index is -0.206. The molecule has 0 saturated carbocycles. The molecule has 3 heterocycles. The molecule has 0 spiro atoms. The summed E-state index contributed by atoms with van der Waals surface area (Å²) in [6, 6.07) is 13.4. The highest BCUT2D eigenvalue weighted by molar-refractivity contribution is 6.07. The third-order valence-electron chi connectivity index (χ3n) is 6.63. The number of hydrogen-bond acceptors (Lipinski definition) is 8. The van der Waals surface area contributed by atoms with Gasteiger partial charge >= 0.3 is 0 Å². The van der Waals surface area contributed by atoms with Gasteiger partial charge in [-0.2, -0.15) is 0 Å². The second-order valence-electron chi connectivity index (χ2n) is 10.5. The monoisotopic (exact) mass is 534 g/mol. The summed E-state index contributed by atoms with van der Waals surface area (Å²) in [6.07, 6.45) is 6.17. The minimum Gasteiger partial charge on any atom is -0.481 e. The Morgan fingerprint density at radius 1 is 1.18 bits per heavy atom. The van der Waals surface area contributed by atoms with Crippen molar-refractivity contribution in [1.82, 2.24) is 9.97 Å². The van der Waals surface area contributed by atoms with Crippen LogP contribution in [0.3, 0.4) is 0 Å². The molecule has 2 aromatic heterocycles. The molecule has 9 heteroatoms. The lowest BCUT2D eigenvalue weighted by Crippen LogP contribution is -2.24. The van der Waals surface area contributed by atoms with Gasteiger partial charge in [0.1, 0.15) is 5.82 Å². The van der Waals surface area contributed by atoms with Crippen molar-refractivity contribution < 1.29 is 14.6 Å². The van der Waals surface area contributed by atoms with Gasteiger partial charge in [0.2, 0.25) is 5.88 Å². The highest BCUT2D eigenvalue weighted by atomic mass is 16.5. The number of carbonyl (C=O) groups excluding carboxylic acids is 1. The fraction of sp³-hybridized carbons (Fsp3) is 0.433. The Bertz CT molecular complexity index is 1230. The van der Waals surface area contributed by atoms with Crippen LogP contribution in [-0.2, 0) is 12.0 Å². The first-order chi connectivity index (χ1) is 18.6. The maximum atomic E-state index is 13.0. The lowest BCUT2D eigenvalue weighted by Gasteiger charge is -2.18. The minimum absolute atomic E-state index is 0.0999. The Kier molecular flexibility index (Phi) is 10.7. The number of ether oxygens (including phenoxy) is 1. The highest BCUT2D eigenvalue weighted by Gasteiger charge is 2.33. The van der Waals surface area contributed by atoms with E-state index in [1.54, 1.807) is 38.6 Å². The summed E-state index contributed by atoms with van der Waals surface area (Å²) < 4.78 is 5.17. The second-order valence-corrected chi connectivity index (χ2v) is 10.5. The Morgan fingerprint density at radius 3 is 2.69 bits per heavy atom. The average Bonchev–Trinajstić information content (AvgIpc) is 3.15. The van der Waals surface area contributed by atoms with E-state index in [9.17, 15) is 4.79 Å². The second kappa shape index (κ2) is 13.9. The highest BCUT2D eigenvalue weighted by Crippen LogP contribution is 2.40. The number of carbonyl (C=O) groups is 1. The van der Waals surface area contributed by atoms with Crippen molar-refractivity contribution in [3.8, 4) is 5.88 Å². The van der Waals surface area contributed by atoms with Crippen molar-refractivity contribution >= 4 is 23.1 Å². The number of aromatic nitrogens is 2. The standard InChI is InChI=1S/C24H27N5O2.C6H15NO/c1-24(2)15-29(3)20-13-17(7-8-19(20)24)28-23(30)18-6-5-10-26-22(18)27-14-16-9-11-25-21(12-16)31-4;1-6(8)4-2-3-5-7/h5-13H,14-15H2,1-4H3,(H,26,27)(H,28,30);6,8H,2-5,7H2,1H3/t;6-/m.0/s1. The number of aliphatic hydroxyl groups excluding tert-OH is 1. The number of likely N-dealkylation sites (N-methyl/N-ethyl adjacent to an activating group) is 1. The first-order valence-electron chi connectivity index (χ1n) is 13.4. The molecule has 0 unspecified atom stereocenters. The van der Waals surface area contributed by atoms with Crippen LogP contribution in [0.4, 0.5) is 17.2 Å². The van der Waals surface area contributed by atoms with Crippen LogP contribution in [0.5, 0.6) is 5.88 Å². The van der Waals surface area contributed by atoms with Crippen molar-refractivity contribution in [3.05, 3.63) is 71.5 Å². The van der Waals surface area contributed by atoms with Gasteiger partial charge in [0.05, 0.1) is 18.8 Å². The molecule has 5 N–H and O–H groups in total. The van der Waals surface area contributed by atoms with Crippen LogP contribution in [0, 0.1) is 0 Å². The van der Waals surface area contributed by atoms with Crippen molar-refractivity contribution in [2.45, 2.75) is 58.1 Å². The van der Waals surface area contributed by atoms with Gasteiger partial charge in [-0.05, 0) is 74.2 Å². The van der Waals surface area contributed by atoms with Gasteiger partial charge in [-0.3, -0.25) is 4.79 Å². The van der Waals surface area contributed by atoms with Gasteiger partial charge in [-0.15, -0.1) is 0 Å². The molecule has 1 aromatic carbocycles. The summed E-state index contributed by atoms with van der Waals surface area (Å²) in [5.41, 5.74) is 10.0. The van der Waals surface area contributed by atoms with Crippen LogP contribution >= 0.6 is 0 Å². The van der Waals surface area contributed by atoms with E-state index in [4.69, 9.17) is 15.6 Å². The molecule has 3 aromatic rings. The van der Waals surface area contributed by atoms with E-state index < -0.39 is 0 Å². The molecular weight excluding hydrogens is 492 g/mol. The molecule has 39 heavy (non-hydrogen) atoms. The van der Waals surface area contributed by atoms with Crippen LogP contribution in [-0.4, -0.2) is 54.3 Å². The topological polar surface area (TPSA) is 126 Å². The summed E-state index contributed by atoms with van der Waals surface area (Å²) in [4.78, 5) is 23.7. The van der Waals surface area contributed by atoms with Gasteiger partial charge < -0.3 is 31.1 Å². The van der Waals surface area contributed by atoms with Gasteiger partial charge in [-0.25, -0.2) is 9.97 Å². The lowest BCUT2D eigenvalue weighted by atomic mass is 9.87. The van der Waals surface area contributed by atoms with Crippen LogP contribution < -0.4 is 26.0 Å². The maximum absolute atomic E-state index is 13.0. The molecular formula is C30H42N6O3. The molecule has 1 aliphatic heterocycles. The predicted octanol–water partition coefficient (Wildman–Crippen LogP) is 4.57. The Balaban J connectivity index is 0.000000459. The Hall–Kier alpha value is -3.69. The predicted molar refractivity (Wildman–Crippen MR) is 158 cm³/mol. The van der Waals surface area contributed by atoms with Gasteiger partial charge in [0, 0.05) is 55.4 Å². The largest absolute Gasteiger partial charge is 0.481 e. The molecule has 0 bridgehead atoms. The quantitative estimate of drug-likeness (QED) is 0.279. The van der Waals surface area contributed by atoms with Crippen molar-refractivity contribution in [1.29, 1.82) is 0 Å². The van der Waals surface area contributed by atoms with E-state index in [-0.39, 0.29) is 17.4 Å². The summed E-state index contributed by atoms with van der Waals surface area (Å²) in [5.74, 6) is 0.862. The van der Waals surface area contributed by atoms with Gasteiger partial charge in [-0.1, -0.05) is 19.9 Å². The van der Waals surface area contributed by atoms with Crippen LogP contribution in [0.15, 0.2) is 54.9 Å². The smallest absolute Gasteiger partial charge is 0.259 e. The number of aliphatic hydroxyl groups is 1. The summed E-state index contributed by atoms with van der Waals surface area (Å²) in [5, 5.41) is 15.0. The molecule has 0 aliphatic carbocycles. The number of amides is 1. The molecule has 0 fully saturated rings. The van der Waals surface area contributed by atoms with E-state index in [0.29, 0.717) is 23.8 Å². The first kappa shape index (κ1) is 29.9. The normalized spacial score (nSPS) is 14.1. The Morgan fingerprint density at radius 2 is 1.97 bits per heavy atom. The Labute approximate surface area is 231 Å². The maximum Gasteiger partial charge on any atom is 0.259 e. The molecule has 210 valence electrons. The number of nitrogens with one attached hydrogen (secondary N) is 2. The van der Waals surface area contributed by atoms with Crippen LogP contribution in [0.1, 0.15) is 61.5 Å². The SMILES string of the molecule is COc1cc(CNc2ncccc2C(=O)Nc2ccc3c(c2)N(C)CC3(C)C)ccn1.C[C@H](O)CCCCN. The molecule has 1 atom stereocenters. The molecule has 9 nitrogen and oxygen atoms in total. The van der Waals surface area contributed by atoms with E-state index >= 15 is 0 Å². The third-order valence-corrected chi connectivity index (χ3v) is 6.63. The fourth-order valence-corrected chi connectivity index (χ4v) is 4.63. The zero-order chi connectivity index (χ0) is 28.4. The molecule has 1 aliphatic rings. The summed E-state index contributed by atoms with van der Waals surface area (Å²) >= 11 is 0. The fourth-order valence-electron chi connectivity index (χ4n) is 4.63. The van der Waals surface area contributed by atoms with Crippen molar-refractivity contribution in [3.63, 3.8) is 0 Å². The zero-order valence-electron chi connectivity index (χ0n) is 23.7. The number of benzene rings is 1. The van der Waals surface area contributed by atoms with Gasteiger partial charge in [0.25, 0.3) is 5.91 Å². The number of rotatable bonds is 10. The summed E-state index contributed by atoms with van der Waals surface area (Å²) in [6.45, 7) is 8.47. The molecule has 4 rings (SSSR count). The zero-order valence-corrected chi connectivity index (χ0v) is 23.7. The van der Waals surface area contributed by atoms with Crippen molar-refractivity contribution in [2.24, 2.45) is 5.73 Å². The van der Waals surface area contributed by atoms with E-state index in [1.165, 1.54) is 5.56 Å². The first-order valence-corrected chi connectivity index (χ1v) is 13.4. The third kappa shape index (κ3) is 8.40. The van der Waals surface area contributed by atoms with E-state index in [0.717, 1.165) is 49.3 Å². The number of pyridine rings is 2. The molecule has 0 saturated heterocycles. The number of hydrogen-bond donors (Lipinski definition) is 4. The number of methoxy groups -OCH3 is 1.